The van der Waals surface area contributed by atoms with Crippen LogP contribution in [0.2, 0.25) is 0 Å². The number of nitrogens with zero attached hydrogens (tertiary/aromatic N) is 1. The number of likely N-dealkylation sites (tertiary alicyclic amines) is 1. The van der Waals surface area contributed by atoms with E-state index < -0.39 is 0 Å². The van der Waals surface area contributed by atoms with Crippen molar-refractivity contribution in [2.75, 3.05) is 13.1 Å². The standard InChI is InChI=1S/C19H26N2O/c1-14(16-8-9-16)12-19(22)20-18-10-11-21(13-18)15(2)17-6-4-3-5-7-17/h3-7,12,15-16,18H,8-11,13H2,1-2H3,(H,20,22). The first-order valence-electron chi connectivity index (χ1n) is 8.41. The molecule has 3 nitrogen and oxygen atoms in total. The summed E-state index contributed by atoms with van der Waals surface area (Å²) in [6, 6.07) is 11.3. The van der Waals surface area contributed by atoms with E-state index in [9.17, 15) is 4.79 Å². The Balaban J connectivity index is 1.51. The van der Waals surface area contributed by atoms with E-state index in [-0.39, 0.29) is 11.9 Å². The molecule has 0 aromatic heterocycles. The molecule has 1 saturated heterocycles. The second-order valence-corrected chi connectivity index (χ2v) is 6.74. The molecule has 1 heterocycles. The molecule has 1 amide bonds. The molecule has 2 fully saturated rings. The van der Waals surface area contributed by atoms with Gasteiger partial charge in [-0.1, -0.05) is 35.9 Å². The first-order valence-corrected chi connectivity index (χ1v) is 8.41. The predicted octanol–water partition coefficient (Wildman–Crippen LogP) is 3.29. The normalized spacial score (nSPS) is 24.3. The van der Waals surface area contributed by atoms with Crippen LogP contribution in [0.1, 0.15) is 44.7 Å². The summed E-state index contributed by atoms with van der Waals surface area (Å²) in [6.07, 6.45) is 5.35. The number of hydrogen-bond acceptors (Lipinski definition) is 2. The fraction of sp³-hybridized carbons (Fsp3) is 0.526. The lowest BCUT2D eigenvalue weighted by Crippen LogP contribution is -2.36. The van der Waals surface area contributed by atoms with E-state index in [4.69, 9.17) is 0 Å². The predicted molar refractivity (Wildman–Crippen MR) is 89.5 cm³/mol. The van der Waals surface area contributed by atoms with Gasteiger partial charge in [-0.2, -0.15) is 0 Å². The van der Waals surface area contributed by atoms with Crippen molar-refractivity contribution in [2.45, 2.75) is 45.2 Å². The number of allylic oxidation sites excluding steroid dienone is 1. The third kappa shape index (κ3) is 3.77. The SMILES string of the molecule is CC(=CC(=O)NC1CCN(C(C)c2ccccc2)C1)C1CC1. The summed E-state index contributed by atoms with van der Waals surface area (Å²) in [5.74, 6) is 0.757. The number of hydrogen-bond donors (Lipinski definition) is 1. The Bertz CT molecular complexity index is 548. The molecule has 3 heteroatoms. The van der Waals surface area contributed by atoms with Crippen molar-refractivity contribution < 1.29 is 4.79 Å². The Morgan fingerprint density at radius 2 is 2.00 bits per heavy atom. The molecule has 2 atom stereocenters. The number of amides is 1. The zero-order valence-electron chi connectivity index (χ0n) is 13.6. The van der Waals surface area contributed by atoms with Crippen LogP contribution in [0.5, 0.6) is 0 Å². The minimum absolute atomic E-state index is 0.0867. The first-order chi connectivity index (χ1) is 10.6. The molecular weight excluding hydrogens is 272 g/mol. The van der Waals surface area contributed by atoms with E-state index in [0.717, 1.165) is 19.5 Å². The Labute approximate surface area is 133 Å². The van der Waals surface area contributed by atoms with Crippen molar-refractivity contribution in [2.24, 2.45) is 5.92 Å². The van der Waals surface area contributed by atoms with Crippen molar-refractivity contribution in [3.8, 4) is 0 Å². The van der Waals surface area contributed by atoms with Crippen LogP contribution in [-0.2, 0) is 4.79 Å². The molecule has 1 aliphatic heterocycles. The van der Waals surface area contributed by atoms with Gasteiger partial charge in [-0.3, -0.25) is 9.69 Å². The van der Waals surface area contributed by atoms with Crippen LogP contribution in [0.15, 0.2) is 42.0 Å². The van der Waals surface area contributed by atoms with Gasteiger partial charge in [-0.05, 0) is 44.6 Å². The lowest BCUT2D eigenvalue weighted by molar-refractivity contribution is -0.117. The van der Waals surface area contributed by atoms with Crippen molar-refractivity contribution >= 4 is 5.91 Å². The van der Waals surface area contributed by atoms with E-state index >= 15 is 0 Å². The fourth-order valence-corrected chi connectivity index (χ4v) is 3.31. The summed E-state index contributed by atoms with van der Waals surface area (Å²) >= 11 is 0. The van der Waals surface area contributed by atoms with Crippen molar-refractivity contribution in [1.82, 2.24) is 10.2 Å². The van der Waals surface area contributed by atoms with Crippen molar-refractivity contribution in [3.63, 3.8) is 0 Å². The van der Waals surface area contributed by atoms with Gasteiger partial charge in [0.2, 0.25) is 5.91 Å². The van der Waals surface area contributed by atoms with Crippen LogP contribution < -0.4 is 5.32 Å². The van der Waals surface area contributed by atoms with Crippen LogP contribution in [0.3, 0.4) is 0 Å². The van der Waals surface area contributed by atoms with E-state index in [2.05, 4.69) is 54.4 Å². The van der Waals surface area contributed by atoms with Crippen molar-refractivity contribution in [3.05, 3.63) is 47.5 Å². The molecule has 22 heavy (non-hydrogen) atoms. The third-order valence-electron chi connectivity index (χ3n) is 4.98. The number of benzene rings is 1. The van der Waals surface area contributed by atoms with Gasteiger partial charge in [0.15, 0.2) is 0 Å². The Morgan fingerprint density at radius 3 is 2.68 bits per heavy atom. The van der Waals surface area contributed by atoms with Gasteiger partial charge >= 0.3 is 0 Å². The summed E-state index contributed by atoms with van der Waals surface area (Å²) in [5.41, 5.74) is 2.59. The Hall–Kier alpha value is -1.61. The third-order valence-corrected chi connectivity index (χ3v) is 4.98. The van der Waals surface area contributed by atoms with Crippen LogP contribution in [0.4, 0.5) is 0 Å². The summed E-state index contributed by atoms with van der Waals surface area (Å²) in [7, 11) is 0. The molecule has 1 N–H and O–H groups in total. The molecule has 0 radical (unpaired) electrons. The average Bonchev–Trinajstić information content (AvgIpc) is 3.28. The van der Waals surface area contributed by atoms with Crippen LogP contribution >= 0.6 is 0 Å². The van der Waals surface area contributed by atoms with Crippen molar-refractivity contribution in [1.29, 1.82) is 0 Å². The zero-order chi connectivity index (χ0) is 15.5. The molecular formula is C19H26N2O. The average molecular weight is 298 g/mol. The quantitative estimate of drug-likeness (QED) is 0.846. The lowest BCUT2D eigenvalue weighted by atomic mass is 10.1. The van der Waals surface area contributed by atoms with Crippen LogP contribution in [0, 0.1) is 5.92 Å². The molecule has 1 aliphatic carbocycles. The Morgan fingerprint density at radius 1 is 1.27 bits per heavy atom. The molecule has 0 bridgehead atoms. The molecule has 118 valence electrons. The minimum atomic E-state index is 0.0867. The largest absolute Gasteiger partial charge is 0.348 e. The van der Waals surface area contributed by atoms with Gasteiger partial charge in [-0.25, -0.2) is 0 Å². The topological polar surface area (TPSA) is 32.3 Å². The maximum absolute atomic E-state index is 12.1. The molecule has 1 aromatic rings. The summed E-state index contributed by atoms with van der Waals surface area (Å²) in [6.45, 7) is 6.32. The second kappa shape index (κ2) is 6.66. The molecule has 1 saturated carbocycles. The Kier molecular flexibility index (Phi) is 4.63. The second-order valence-electron chi connectivity index (χ2n) is 6.74. The van der Waals surface area contributed by atoms with Crippen LogP contribution in [0.25, 0.3) is 0 Å². The first kappa shape index (κ1) is 15.3. The summed E-state index contributed by atoms with van der Waals surface area (Å²) in [5, 5.41) is 3.17. The van der Waals surface area contributed by atoms with Gasteiger partial charge in [0, 0.05) is 31.2 Å². The monoisotopic (exact) mass is 298 g/mol. The van der Waals surface area contributed by atoms with Gasteiger partial charge in [0.1, 0.15) is 0 Å². The summed E-state index contributed by atoms with van der Waals surface area (Å²) in [4.78, 5) is 14.5. The maximum Gasteiger partial charge on any atom is 0.244 e. The highest BCUT2D eigenvalue weighted by Crippen LogP contribution is 2.35. The highest BCUT2D eigenvalue weighted by molar-refractivity contribution is 5.88. The van der Waals surface area contributed by atoms with Crippen LogP contribution in [-0.4, -0.2) is 29.9 Å². The number of rotatable bonds is 5. The molecule has 3 rings (SSSR count). The smallest absolute Gasteiger partial charge is 0.244 e. The number of carbonyl (C=O) groups is 1. The molecule has 2 aliphatic rings. The number of nitrogens with one attached hydrogen (secondary N) is 1. The van der Waals surface area contributed by atoms with E-state index in [1.165, 1.54) is 24.0 Å². The summed E-state index contributed by atoms with van der Waals surface area (Å²) < 4.78 is 0. The van der Waals surface area contributed by atoms with E-state index in [1.54, 1.807) is 6.08 Å². The van der Waals surface area contributed by atoms with E-state index in [0.29, 0.717) is 12.0 Å². The maximum atomic E-state index is 12.1. The lowest BCUT2D eigenvalue weighted by Gasteiger charge is -2.24. The highest BCUT2D eigenvalue weighted by Gasteiger charge is 2.28. The zero-order valence-corrected chi connectivity index (χ0v) is 13.6. The van der Waals surface area contributed by atoms with Gasteiger partial charge < -0.3 is 5.32 Å². The molecule has 1 aromatic carbocycles. The fourth-order valence-electron chi connectivity index (χ4n) is 3.31. The van der Waals surface area contributed by atoms with E-state index in [1.807, 2.05) is 0 Å². The number of carbonyl (C=O) groups excluding carboxylic acids is 1. The molecule has 2 unspecified atom stereocenters. The molecule has 0 spiro atoms. The van der Waals surface area contributed by atoms with Gasteiger partial charge in [0.05, 0.1) is 0 Å². The minimum Gasteiger partial charge on any atom is -0.348 e. The highest BCUT2D eigenvalue weighted by atomic mass is 16.1. The van der Waals surface area contributed by atoms with Gasteiger partial charge in [-0.15, -0.1) is 0 Å². The van der Waals surface area contributed by atoms with Gasteiger partial charge in [0.25, 0.3) is 0 Å².